The lowest BCUT2D eigenvalue weighted by Gasteiger charge is -2.42. The van der Waals surface area contributed by atoms with Crippen LogP contribution in [-0.4, -0.2) is 5.91 Å². The summed E-state index contributed by atoms with van der Waals surface area (Å²) in [6, 6.07) is 27.3. The number of rotatable bonds is 3. The number of carbonyl (C=O) groups excluding carboxylic acids is 1. The summed E-state index contributed by atoms with van der Waals surface area (Å²) in [5.74, 6) is -0.866. The Hall–Kier alpha value is -3.96. The van der Waals surface area contributed by atoms with Crippen LogP contribution in [0.1, 0.15) is 29.1 Å². The molecule has 5 nitrogen and oxygen atoms in total. The van der Waals surface area contributed by atoms with Crippen LogP contribution in [0.2, 0.25) is 0 Å². The summed E-state index contributed by atoms with van der Waals surface area (Å²) < 4.78 is 1.78. The molecule has 0 bridgehead atoms. The first kappa shape index (κ1) is 18.4. The van der Waals surface area contributed by atoms with Crippen LogP contribution in [0.3, 0.4) is 0 Å². The first-order valence-electron chi connectivity index (χ1n) is 9.40. The SMILES string of the molecule is N#CC1(C#N)C(c2ccccc2)NC(=O)C([n+]2ccccc2)C1c1ccccc1. The normalized spacial score (nSPS) is 22.7. The highest BCUT2D eigenvalue weighted by atomic mass is 16.2. The molecule has 0 radical (unpaired) electrons. The molecule has 1 aliphatic rings. The number of carbonyl (C=O) groups is 1. The molecule has 140 valence electrons. The van der Waals surface area contributed by atoms with E-state index in [1.165, 1.54) is 0 Å². The van der Waals surface area contributed by atoms with Crippen LogP contribution < -0.4 is 9.88 Å². The Morgan fingerprint density at radius 3 is 1.86 bits per heavy atom. The van der Waals surface area contributed by atoms with Crippen molar-refractivity contribution in [3.63, 3.8) is 0 Å². The number of amides is 1. The number of nitrogens with one attached hydrogen (secondary N) is 1. The molecular weight excluding hydrogens is 360 g/mol. The van der Waals surface area contributed by atoms with E-state index in [2.05, 4.69) is 17.5 Å². The summed E-state index contributed by atoms with van der Waals surface area (Å²) in [4.78, 5) is 13.3. The highest BCUT2D eigenvalue weighted by Gasteiger charge is 2.61. The second-order valence-electron chi connectivity index (χ2n) is 7.10. The molecule has 1 aromatic heterocycles. The van der Waals surface area contributed by atoms with E-state index in [1.807, 2.05) is 78.9 Å². The predicted molar refractivity (Wildman–Crippen MR) is 106 cm³/mol. The largest absolute Gasteiger partial charge is 0.341 e. The van der Waals surface area contributed by atoms with Crippen molar-refractivity contribution in [2.75, 3.05) is 0 Å². The lowest BCUT2D eigenvalue weighted by molar-refractivity contribution is -0.714. The number of piperidine rings is 1. The van der Waals surface area contributed by atoms with E-state index in [0.29, 0.717) is 0 Å². The monoisotopic (exact) mass is 379 g/mol. The van der Waals surface area contributed by atoms with Gasteiger partial charge in [-0.3, -0.25) is 4.79 Å². The van der Waals surface area contributed by atoms with Crippen LogP contribution in [0.5, 0.6) is 0 Å². The Morgan fingerprint density at radius 1 is 0.793 bits per heavy atom. The minimum absolute atomic E-state index is 0.218. The van der Waals surface area contributed by atoms with Crippen molar-refractivity contribution in [1.29, 1.82) is 10.5 Å². The average molecular weight is 379 g/mol. The lowest BCUT2D eigenvalue weighted by Crippen LogP contribution is -2.61. The van der Waals surface area contributed by atoms with Gasteiger partial charge in [0, 0.05) is 12.1 Å². The zero-order chi connectivity index (χ0) is 20.3. The Balaban J connectivity index is 1.97. The topological polar surface area (TPSA) is 80.6 Å². The van der Waals surface area contributed by atoms with Crippen molar-refractivity contribution in [2.45, 2.75) is 18.0 Å². The third-order valence-corrected chi connectivity index (χ3v) is 5.54. The molecule has 29 heavy (non-hydrogen) atoms. The van der Waals surface area contributed by atoms with Gasteiger partial charge in [0.25, 0.3) is 5.91 Å². The number of hydrogen-bond acceptors (Lipinski definition) is 3. The van der Waals surface area contributed by atoms with Crippen molar-refractivity contribution >= 4 is 5.91 Å². The standard InChI is InChI=1S/C24H18N4O/c25-16-24(17-26)20(18-10-4-1-5-11-18)21(28-14-8-3-9-15-28)23(29)27-22(24)19-12-6-2-7-13-19/h1-15,20-22H/p+1. The van der Waals surface area contributed by atoms with Crippen LogP contribution >= 0.6 is 0 Å². The maximum Gasteiger partial charge on any atom is 0.290 e. The highest BCUT2D eigenvalue weighted by Crippen LogP contribution is 2.52. The lowest BCUT2D eigenvalue weighted by atomic mass is 9.62. The quantitative estimate of drug-likeness (QED) is 0.710. The van der Waals surface area contributed by atoms with Gasteiger partial charge in [-0.15, -0.1) is 0 Å². The maximum atomic E-state index is 13.3. The molecule has 3 unspecified atom stereocenters. The molecule has 2 heterocycles. The third kappa shape index (κ3) is 3.03. The summed E-state index contributed by atoms with van der Waals surface area (Å²) >= 11 is 0. The molecule has 3 atom stereocenters. The summed E-state index contributed by atoms with van der Waals surface area (Å²) in [5.41, 5.74) is 0.0403. The van der Waals surface area contributed by atoms with E-state index in [4.69, 9.17) is 0 Å². The minimum Gasteiger partial charge on any atom is -0.341 e. The molecule has 1 aliphatic heterocycles. The van der Waals surface area contributed by atoms with Crippen LogP contribution in [0.25, 0.3) is 0 Å². The number of nitrogens with zero attached hydrogens (tertiary/aromatic N) is 3. The Kier molecular flexibility index (Phi) is 4.81. The van der Waals surface area contributed by atoms with E-state index in [1.54, 1.807) is 17.0 Å². The van der Waals surface area contributed by atoms with E-state index < -0.39 is 23.4 Å². The molecule has 2 aromatic carbocycles. The van der Waals surface area contributed by atoms with Gasteiger partial charge in [0.2, 0.25) is 6.04 Å². The molecule has 3 aromatic rings. The fraction of sp³-hybridized carbons (Fsp3) is 0.167. The number of nitriles is 2. The van der Waals surface area contributed by atoms with Gasteiger partial charge in [-0.2, -0.15) is 15.1 Å². The molecule has 1 N–H and O–H groups in total. The zero-order valence-corrected chi connectivity index (χ0v) is 15.6. The number of pyridine rings is 1. The number of benzene rings is 2. The van der Waals surface area contributed by atoms with Gasteiger partial charge in [-0.05, 0) is 11.1 Å². The summed E-state index contributed by atoms with van der Waals surface area (Å²) in [5, 5.41) is 23.6. The van der Waals surface area contributed by atoms with Crippen molar-refractivity contribution < 1.29 is 9.36 Å². The van der Waals surface area contributed by atoms with E-state index >= 15 is 0 Å². The summed E-state index contributed by atoms with van der Waals surface area (Å²) in [6.45, 7) is 0. The highest BCUT2D eigenvalue weighted by molar-refractivity contribution is 5.82. The van der Waals surface area contributed by atoms with Gasteiger partial charge in [0.15, 0.2) is 17.8 Å². The first-order chi connectivity index (χ1) is 14.2. The molecule has 0 saturated carbocycles. The molecule has 0 aliphatic carbocycles. The van der Waals surface area contributed by atoms with Crippen molar-refractivity contribution in [1.82, 2.24) is 5.32 Å². The van der Waals surface area contributed by atoms with Crippen LogP contribution in [-0.2, 0) is 4.79 Å². The van der Waals surface area contributed by atoms with Gasteiger partial charge in [-0.1, -0.05) is 66.7 Å². The van der Waals surface area contributed by atoms with Crippen molar-refractivity contribution in [3.05, 3.63) is 102 Å². The Labute approximate surface area is 169 Å². The van der Waals surface area contributed by atoms with Gasteiger partial charge in [-0.25, -0.2) is 0 Å². The Morgan fingerprint density at radius 2 is 1.31 bits per heavy atom. The van der Waals surface area contributed by atoms with E-state index in [-0.39, 0.29) is 5.91 Å². The fourth-order valence-corrected chi connectivity index (χ4v) is 4.22. The van der Waals surface area contributed by atoms with Gasteiger partial charge >= 0.3 is 0 Å². The zero-order valence-electron chi connectivity index (χ0n) is 15.6. The van der Waals surface area contributed by atoms with Crippen LogP contribution in [0, 0.1) is 28.1 Å². The predicted octanol–water partition coefficient (Wildman–Crippen LogP) is 3.20. The van der Waals surface area contributed by atoms with Crippen molar-refractivity contribution in [2.24, 2.45) is 5.41 Å². The molecule has 1 fully saturated rings. The third-order valence-electron chi connectivity index (χ3n) is 5.54. The second kappa shape index (κ2) is 7.58. The smallest absolute Gasteiger partial charge is 0.290 e. The minimum atomic E-state index is -1.48. The molecule has 0 spiro atoms. The summed E-state index contributed by atoms with van der Waals surface area (Å²) in [6.07, 6.45) is 3.59. The summed E-state index contributed by atoms with van der Waals surface area (Å²) in [7, 11) is 0. The number of hydrogen-bond donors (Lipinski definition) is 1. The molecule has 1 saturated heterocycles. The Bertz CT molecular complexity index is 1070. The second-order valence-corrected chi connectivity index (χ2v) is 7.10. The average Bonchev–Trinajstić information content (AvgIpc) is 2.80. The van der Waals surface area contributed by atoms with Gasteiger partial charge in [0.05, 0.1) is 24.1 Å². The molecule has 1 amide bonds. The van der Waals surface area contributed by atoms with Gasteiger partial charge in [0.1, 0.15) is 0 Å². The molecular formula is C24H19N4O+. The van der Waals surface area contributed by atoms with Crippen LogP contribution in [0.15, 0.2) is 91.3 Å². The molecule has 4 rings (SSSR count). The maximum absolute atomic E-state index is 13.3. The number of aromatic nitrogens is 1. The van der Waals surface area contributed by atoms with Crippen molar-refractivity contribution in [3.8, 4) is 12.1 Å². The fourth-order valence-electron chi connectivity index (χ4n) is 4.22. The van der Waals surface area contributed by atoms with E-state index in [9.17, 15) is 15.3 Å². The first-order valence-corrected chi connectivity index (χ1v) is 9.40. The van der Waals surface area contributed by atoms with E-state index in [0.717, 1.165) is 11.1 Å². The van der Waals surface area contributed by atoms with Crippen LogP contribution in [0.4, 0.5) is 0 Å². The van der Waals surface area contributed by atoms with Gasteiger partial charge < -0.3 is 5.32 Å². The molecule has 5 heteroatoms.